The highest BCUT2D eigenvalue weighted by atomic mass is 35.7. The molecule has 4 nitrogen and oxygen atoms in total. The monoisotopic (exact) mass is 254 g/mol. The molecule has 0 aliphatic rings. The van der Waals surface area contributed by atoms with Gasteiger partial charge in [0.1, 0.15) is 0 Å². The van der Waals surface area contributed by atoms with Gasteiger partial charge in [-0.3, -0.25) is 0 Å². The molecule has 0 amide bonds. The minimum Gasteiger partial charge on any atom is -0.463 e. The Morgan fingerprint density at radius 2 is 1.73 bits per heavy atom. The van der Waals surface area contributed by atoms with Gasteiger partial charge in [-0.05, 0) is 19.8 Å². The van der Waals surface area contributed by atoms with Gasteiger partial charge < -0.3 is 4.74 Å². The molecular formula is C9H15ClO4S. The number of allylic oxidation sites excluding steroid dienone is 1. The molecule has 0 spiro atoms. The molecule has 6 heteroatoms. The summed E-state index contributed by atoms with van der Waals surface area (Å²) in [5.74, 6) is -0.610. The second kappa shape index (κ2) is 6.12. The van der Waals surface area contributed by atoms with E-state index in [1.54, 1.807) is 20.8 Å². The lowest BCUT2D eigenvalue weighted by Gasteiger charge is -2.08. The lowest BCUT2D eigenvalue weighted by molar-refractivity contribution is -0.138. The van der Waals surface area contributed by atoms with Crippen molar-refractivity contribution in [3.63, 3.8) is 0 Å². The van der Waals surface area contributed by atoms with Crippen LogP contribution >= 0.6 is 10.7 Å². The Hall–Kier alpha value is -0.550. The van der Waals surface area contributed by atoms with E-state index in [-0.39, 0.29) is 29.9 Å². The minimum absolute atomic E-state index is 0.0508. The number of esters is 1. The normalized spacial score (nSPS) is 13.3. The van der Waals surface area contributed by atoms with Crippen molar-refractivity contribution in [2.24, 2.45) is 0 Å². The molecule has 0 aromatic rings. The lowest BCUT2D eigenvalue weighted by Crippen LogP contribution is -2.12. The SMILES string of the molecule is CCOC(=O)C(CC)=C(CC)S(=O)(=O)Cl. The zero-order valence-electron chi connectivity index (χ0n) is 9.04. The summed E-state index contributed by atoms with van der Waals surface area (Å²) < 4.78 is 27.1. The first kappa shape index (κ1) is 14.5. The van der Waals surface area contributed by atoms with Crippen molar-refractivity contribution in [2.75, 3.05) is 6.61 Å². The van der Waals surface area contributed by atoms with E-state index < -0.39 is 15.0 Å². The van der Waals surface area contributed by atoms with E-state index in [0.29, 0.717) is 0 Å². The maximum Gasteiger partial charge on any atom is 0.335 e. The van der Waals surface area contributed by atoms with Crippen LogP contribution in [0.5, 0.6) is 0 Å². The lowest BCUT2D eigenvalue weighted by atomic mass is 10.2. The number of hydrogen-bond acceptors (Lipinski definition) is 4. The number of halogens is 1. The summed E-state index contributed by atoms with van der Waals surface area (Å²) in [5.41, 5.74) is 0.134. The highest BCUT2D eigenvalue weighted by Crippen LogP contribution is 2.23. The molecule has 88 valence electrons. The van der Waals surface area contributed by atoms with E-state index in [9.17, 15) is 13.2 Å². The molecule has 0 aliphatic carbocycles. The largest absolute Gasteiger partial charge is 0.463 e. The molecule has 0 heterocycles. The number of ether oxygens (including phenoxy) is 1. The van der Waals surface area contributed by atoms with Crippen molar-refractivity contribution in [1.82, 2.24) is 0 Å². The summed E-state index contributed by atoms with van der Waals surface area (Å²) >= 11 is 0. The van der Waals surface area contributed by atoms with Crippen LogP contribution in [-0.4, -0.2) is 21.0 Å². The first-order valence-corrected chi connectivity index (χ1v) is 7.03. The van der Waals surface area contributed by atoms with Crippen LogP contribution in [-0.2, 0) is 18.6 Å². The van der Waals surface area contributed by atoms with Gasteiger partial charge in [0.15, 0.2) is 0 Å². The van der Waals surface area contributed by atoms with Gasteiger partial charge in [0, 0.05) is 10.7 Å². The van der Waals surface area contributed by atoms with Gasteiger partial charge >= 0.3 is 5.97 Å². The molecule has 0 atom stereocenters. The molecular weight excluding hydrogens is 240 g/mol. The summed E-state index contributed by atoms with van der Waals surface area (Å²) in [7, 11) is 1.39. The molecule has 0 fully saturated rings. The Kier molecular flexibility index (Phi) is 5.90. The summed E-state index contributed by atoms with van der Waals surface area (Å²) in [4.78, 5) is 11.4. The molecule has 0 radical (unpaired) electrons. The summed E-state index contributed by atoms with van der Waals surface area (Å²) in [6, 6.07) is 0. The van der Waals surface area contributed by atoms with E-state index in [4.69, 9.17) is 15.4 Å². The molecule has 0 aliphatic heterocycles. The fourth-order valence-electron chi connectivity index (χ4n) is 1.21. The van der Waals surface area contributed by atoms with E-state index in [0.717, 1.165) is 0 Å². The Bertz CT molecular complexity index is 356. The second-order valence-electron chi connectivity index (χ2n) is 2.77. The topological polar surface area (TPSA) is 60.4 Å². The molecule has 15 heavy (non-hydrogen) atoms. The van der Waals surface area contributed by atoms with Crippen LogP contribution in [0.3, 0.4) is 0 Å². The zero-order valence-corrected chi connectivity index (χ0v) is 10.6. The molecule has 0 N–H and O–H groups in total. The average molecular weight is 255 g/mol. The molecule has 0 saturated heterocycles. The Labute approximate surface area is 94.7 Å². The van der Waals surface area contributed by atoms with Crippen molar-refractivity contribution in [2.45, 2.75) is 33.6 Å². The van der Waals surface area contributed by atoms with Gasteiger partial charge in [-0.15, -0.1) is 0 Å². The predicted octanol–water partition coefficient (Wildman–Crippen LogP) is 2.19. The van der Waals surface area contributed by atoms with Crippen molar-refractivity contribution >= 4 is 25.7 Å². The molecule has 0 unspecified atom stereocenters. The first-order valence-electron chi connectivity index (χ1n) is 4.72. The van der Waals surface area contributed by atoms with Crippen LogP contribution in [0.2, 0.25) is 0 Å². The number of carbonyl (C=O) groups excluding carboxylic acids is 1. The van der Waals surface area contributed by atoms with Crippen molar-refractivity contribution in [1.29, 1.82) is 0 Å². The second-order valence-corrected chi connectivity index (χ2v) is 5.35. The Morgan fingerprint density at radius 1 is 1.20 bits per heavy atom. The van der Waals surface area contributed by atoms with Gasteiger partial charge in [0.25, 0.3) is 9.05 Å². The summed E-state index contributed by atoms with van der Waals surface area (Å²) in [6.07, 6.45) is 0.474. The van der Waals surface area contributed by atoms with Crippen molar-refractivity contribution < 1.29 is 17.9 Å². The fourth-order valence-corrected chi connectivity index (χ4v) is 2.68. The summed E-state index contributed by atoms with van der Waals surface area (Å²) in [6.45, 7) is 5.18. The number of hydrogen-bond donors (Lipinski definition) is 0. The van der Waals surface area contributed by atoms with E-state index >= 15 is 0 Å². The first-order chi connectivity index (χ1) is 6.88. The molecule has 0 bridgehead atoms. The highest BCUT2D eigenvalue weighted by Gasteiger charge is 2.22. The van der Waals surface area contributed by atoms with Gasteiger partial charge in [-0.1, -0.05) is 13.8 Å². The maximum atomic E-state index is 11.4. The smallest absolute Gasteiger partial charge is 0.335 e. The quantitative estimate of drug-likeness (QED) is 0.429. The maximum absolute atomic E-state index is 11.4. The third-order valence-electron chi connectivity index (χ3n) is 1.83. The third kappa shape index (κ3) is 4.22. The number of carbonyl (C=O) groups is 1. The van der Waals surface area contributed by atoms with Gasteiger partial charge in [0.05, 0.1) is 17.1 Å². The van der Waals surface area contributed by atoms with Crippen molar-refractivity contribution in [3.05, 3.63) is 10.5 Å². The van der Waals surface area contributed by atoms with Crippen LogP contribution < -0.4 is 0 Å². The average Bonchev–Trinajstić information content (AvgIpc) is 2.11. The molecule has 0 rings (SSSR count). The highest BCUT2D eigenvalue weighted by molar-refractivity contribution is 8.16. The van der Waals surface area contributed by atoms with Crippen LogP contribution in [0.1, 0.15) is 33.6 Å². The van der Waals surface area contributed by atoms with Crippen LogP contribution in [0, 0.1) is 0 Å². The van der Waals surface area contributed by atoms with Gasteiger partial charge in [0.2, 0.25) is 0 Å². The number of rotatable bonds is 5. The van der Waals surface area contributed by atoms with Crippen LogP contribution in [0.15, 0.2) is 10.5 Å². The standard InChI is InChI=1S/C9H15ClO4S/c1-4-7(9(11)14-6-3)8(5-2)15(10,12)13/h4-6H2,1-3H3. The van der Waals surface area contributed by atoms with E-state index in [2.05, 4.69) is 0 Å². The molecule has 0 aromatic carbocycles. The molecule has 0 saturated carbocycles. The summed E-state index contributed by atoms with van der Waals surface area (Å²) in [5, 5.41) is 0. The fraction of sp³-hybridized carbons (Fsp3) is 0.667. The van der Waals surface area contributed by atoms with Crippen LogP contribution in [0.4, 0.5) is 0 Å². The van der Waals surface area contributed by atoms with Crippen LogP contribution in [0.25, 0.3) is 0 Å². The van der Waals surface area contributed by atoms with Gasteiger partial charge in [-0.25, -0.2) is 13.2 Å². The third-order valence-corrected chi connectivity index (χ3v) is 3.51. The Balaban J connectivity index is 5.36. The minimum atomic E-state index is -3.84. The molecule has 0 aromatic heterocycles. The zero-order chi connectivity index (χ0) is 12.1. The Morgan fingerprint density at radius 3 is 2.00 bits per heavy atom. The predicted molar refractivity (Wildman–Crippen MR) is 59.0 cm³/mol. The van der Waals surface area contributed by atoms with Crippen molar-refractivity contribution in [3.8, 4) is 0 Å². The van der Waals surface area contributed by atoms with E-state index in [1.807, 2.05) is 0 Å². The van der Waals surface area contributed by atoms with E-state index in [1.165, 1.54) is 0 Å². The van der Waals surface area contributed by atoms with Gasteiger partial charge in [-0.2, -0.15) is 0 Å².